The Bertz CT molecular complexity index is 640. The number of nitrogens with one attached hydrogen (secondary N) is 1. The molecule has 0 aliphatic carbocycles. The van der Waals surface area contributed by atoms with E-state index in [9.17, 15) is 9.90 Å². The van der Waals surface area contributed by atoms with E-state index in [0.717, 1.165) is 11.1 Å². The van der Waals surface area contributed by atoms with E-state index >= 15 is 0 Å². The Balaban J connectivity index is 2.20. The molecular weight excluding hydrogens is 274 g/mol. The Morgan fingerprint density at radius 3 is 2.65 bits per heavy atom. The lowest BCUT2D eigenvalue weighted by Gasteiger charge is -2.16. The number of aryl methyl sites for hydroxylation is 1. The molecule has 3 nitrogen and oxygen atoms in total. The molecule has 0 aliphatic rings. The molecule has 2 N–H and O–H groups in total. The second kappa shape index (κ2) is 5.97. The summed E-state index contributed by atoms with van der Waals surface area (Å²) >= 11 is 6.10. The van der Waals surface area contributed by atoms with Crippen LogP contribution >= 0.6 is 11.6 Å². The van der Waals surface area contributed by atoms with Crippen LogP contribution in [-0.2, 0) is 0 Å². The van der Waals surface area contributed by atoms with E-state index < -0.39 is 0 Å². The molecule has 0 aromatic heterocycles. The Kier molecular flexibility index (Phi) is 4.30. The summed E-state index contributed by atoms with van der Waals surface area (Å²) in [6.45, 7) is 3.72. The van der Waals surface area contributed by atoms with Crippen LogP contribution in [0.2, 0.25) is 5.02 Å². The first-order chi connectivity index (χ1) is 9.49. The normalized spacial score (nSPS) is 11.9. The number of hydrogen-bond donors (Lipinski definition) is 2. The molecule has 2 aromatic rings. The highest BCUT2D eigenvalue weighted by molar-refractivity contribution is 6.31. The average molecular weight is 290 g/mol. The molecule has 0 bridgehead atoms. The van der Waals surface area contributed by atoms with Gasteiger partial charge in [0.1, 0.15) is 5.75 Å². The van der Waals surface area contributed by atoms with Crippen LogP contribution < -0.4 is 5.32 Å². The van der Waals surface area contributed by atoms with Crippen LogP contribution in [0.3, 0.4) is 0 Å². The molecule has 0 spiro atoms. The zero-order chi connectivity index (χ0) is 14.7. The van der Waals surface area contributed by atoms with E-state index in [1.807, 2.05) is 32.0 Å². The molecule has 104 valence electrons. The Labute approximate surface area is 123 Å². The van der Waals surface area contributed by atoms with Crippen molar-refractivity contribution in [1.29, 1.82) is 0 Å². The minimum Gasteiger partial charge on any atom is -0.507 e. The van der Waals surface area contributed by atoms with Gasteiger partial charge in [-0.05, 0) is 37.6 Å². The number of benzene rings is 2. The van der Waals surface area contributed by atoms with Gasteiger partial charge in [-0.3, -0.25) is 4.79 Å². The lowest BCUT2D eigenvalue weighted by molar-refractivity contribution is 0.0937. The van der Waals surface area contributed by atoms with Gasteiger partial charge in [-0.25, -0.2) is 0 Å². The van der Waals surface area contributed by atoms with Crippen molar-refractivity contribution in [2.75, 3.05) is 0 Å². The lowest BCUT2D eigenvalue weighted by atomic mass is 10.1. The van der Waals surface area contributed by atoms with Crippen molar-refractivity contribution in [3.05, 3.63) is 64.2 Å². The number of carbonyl (C=O) groups is 1. The Morgan fingerprint density at radius 1 is 1.25 bits per heavy atom. The lowest BCUT2D eigenvalue weighted by Crippen LogP contribution is -2.27. The molecule has 2 aromatic carbocycles. The highest BCUT2D eigenvalue weighted by Gasteiger charge is 2.16. The van der Waals surface area contributed by atoms with Crippen LogP contribution in [0.15, 0.2) is 42.5 Å². The molecule has 0 saturated carbocycles. The van der Waals surface area contributed by atoms with Gasteiger partial charge in [0.05, 0.1) is 11.6 Å². The van der Waals surface area contributed by atoms with Crippen molar-refractivity contribution in [3.63, 3.8) is 0 Å². The summed E-state index contributed by atoms with van der Waals surface area (Å²) in [4.78, 5) is 12.2. The van der Waals surface area contributed by atoms with Crippen molar-refractivity contribution in [3.8, 4) is 5.75 Å². The third-order valence-corrected chi connectivity index (χ3v) is 3.46. The standard InChI is InChI=1S/C16H16ClNO2/c1-10-7-8-15(19)13(9-10)16(20)18-11(2)12-5-3-4-6-14(12)17/h3-9,11,19H,1-2H3,(H,18,20). The fraction of sp³-hybridized carbons (Fsp3) is 0.188. The molecule has 1 unspecified atom stereocenters. The smallest absolute Gasteiger partial charge is 0.255 e. The quantitative estimate of drug-likeness (QED) is 0.902. The van der Waals surface area contributed by atoms with Gasteiger partial charge in [0.15, 0.2) is 0 Å². The fourth-order valence-electron chi connectivity index (χ4n) is 2.01. The van der Waals surface area contributed by atoms with Crippen LogP contribution in [0.4, 0.5) is 0 Å². The van der Waals surface area contributed by atoms with Crippen molar-refractivity contribution >= 4 is 17.5 Å². The minimum atomic E-state index is -0.321. The first-order valence-corrected chi connectivity index (χ1v) is 6.71. The van der Waals surface area contributed by atoms with Gasteiger partial charge in [0.2, 0.25) is 0 Å². The molecule has 0 aliphatic heterocycles. The highest BCUT2D eigenvalue weighted by Crippen LogP contribution is 2.24. The van der Waals surface area contributed by atoms with Gasteiger partial charge in [-0.15, -0.1) is 0 Å². The van der Waals surface area contributed by atoms with Gasteiger partial charge in [0.25, 0.3) is 5.91 Å². The summed E-state index contributed by atoms with van der Waals surface area (Å²) < 4.78 is 0. The van der Waals surface area contributed by atoms with Crippen LogP contribution in [0.1, 0.15) is 34.5 Å². The number of phenolic OH excluding ortho intramolecular Hbond substituents is 1. The molecule has 1 atom stereocenters. The minimum absolute atomic E-state index is 0.0283. The maximum absolute atomic E-state index is 12.2. The molecular formula is C16H16ClNO2. The third kappa shape index (κ3) is 3.11. The number of carbonyl (C=O) groups excluding carboxylic acids is 1. The fourth-order valence-corrected chi connectivity index (χ4v) is 2.31. The summed E-state index contributed by atoms with van der Waals surface area (Å²) in [7, 11) is 0. The summed E-state index contributed by atoms with van der Waals surface area (Å²) in [5.41, 5.74) is 2.02. The second-order valence-electron chi connectivity index (χ2n) is 4.74. The maximum Gasteiger partial charge on any atom is 0.255 e. The molecule has 0 heterocycles. The molecule has 0 saturated heterocycles. The molecule has 4 heteroatoms. The van der Waals surface area contributed by atoms with E-state index in [2.05, 4.69) is 5.32 Å². The number of aromatic hydroxyl groups is 1. The molecule has 2 rings (SSSR count). The summed E-state index contributed by atoms with van der Waals surface area (Å²) in [5.74, 6) is -0.349. The van der Waals surface area contributed by atoms with Crippen molar-refractivity contribution in [2.45, 2.75) is 19.9 Å². The molecule has 20 heavy (non-hydrogen) atoms. The Morgan fingerprint density at radius 2 is 1.95 bits per heavy atom. The summed E-state index contributed by atoms with van der Waals surface area (Å²) in [5, 5.41) is 13.2. The maximum atomic E-state index is 12.2. The SMILES string of the molecule is Cc1ccc(O)c(C(=O)NC(C)c2ccccc2Cl)c1. The van der Waals surface area contributed by atoms with Crippen LogP contribution in [0.5, 0.6) is 5.75 Å². The number of amides is 1. The van der Waals surface area contributed by atoms with Crippen LogP contribution in [0, 0.1) is 6.92 Å². The van der Waals surface area contributed by atoms with E-state index in [0.29, 0.717) is 5.02 Å². The van der Waals surface area contributed by atoms with Crippen molar-refractivity contribution < 1.29 is 9.90 Å². The van der Waals surface area contributed by atoms with Crippen LogP contribution in [0.25, 0.3) is 0 Å². The van der Waals surface area contributed by atoms with E-state index in [1.165, 1.54) is 6.07 Å². The first kappa shape index (κ1) is 14.4. The van der Waals surface area contributed by atoms with Gasteiger partial charge in [-0.2, -0.15) is 0 Å². The summed E-state index contributed by atoms with van der Waals surface area (Å²) in [6, 6.07) is 12.0. The van der Waals surface area contributed by atoms with Gasteiger partial charge < -0.3 is 10.4 Å². The zero-order valence-corrected chi connectivity index (χ0v) is 12.1. The van der Waals surface area contributed by atoms with Crippen molar-refractivity contribution in [1.82, 2.24) is 5.32 Å². The van der Waals surface area contributed by atoms with E-state index in [-0.39, 0.29) is 23.3 Å². The number of rotatable bonds is 3. The molecule has 0 radical (unpaired) electrons. The zero-order valence-electron chi connectivity index (χ0n) is 11.4. The van der Waals surface area contributed by atoms with E-state index in [1.54, 1.807) is 18.2 Å². The third-order valence-electron chi connectivity index (χ3n) is 3.12. The van der Waals surface area contributed by atoms with E-state index in [4.69, 9.17) is 11.6 Å². The van der Waals surface area contributed by atoms with Gasteiger partial charge in [0, 0.05) is 5.02 Å². The average Bonchev–Trinajstić information content (AvgIpc) is 2.41. The number of hydrogen-bond acceptors (Lipinski definition) is 2. The van der Waals surface area contributed by atoms with Gasteiger partial charge in [-0.1, -0.05) is 41.4 Å². The Hall–Kier alpha value is -2.00. The highest BCUT2D eigenvalue weighted by atomic mass is 35.5. The molecule has 1 amide bonds. The second-order valence-corrected chi connectivity index (χ2v) is 5.14. The summed E-state index contributed by atoms with van der Waals surface area (Å²) in [6.07, 6.45) is 0. The first-order valence-electron chi connectivity index (χ1n) is 6.34. The number of phenols is 1. The topological polar surface area (TPSA) is 49.3 Å². The predicted octanol–water partition coefficient (Wildman–Crippen LogP) is 3.85. The predicted molar refractivity (Wildman–Crippen MR) is 80.2 cm³/mol. The van der Waals surface area contributed by atoms with Gasteiger partial charge >= 0.3 is 0 Å². The van der Waals surface area contributed by atoms with Crippen molar-refractivity contribution in [2.24, 2.45) is 0 Å². The monoisotopic (exact) mass is 289 g/mol. The van der Waals surface area contributed by atoms with Crippen LogP contribution in [-0.4, -0.2) is 11.0 Å². The molecule has 0 fully saturated rings. The number of halogens is 1. The largest absolute Gasteiger partial charge is 0.507 e.